The number of nitrogens with one attached hydrogen (secondary N) is 1. The van der Waals surface area contributed by atoms with E-state index in [9.17, 15) is 23.4 Å². The van der Waals surface area contributed by atoms with Gasteiger partial charge in [-0.3, -0.25) is 4.79 Å². The molecule has 0 saturated carbocycles. The van der Waals surface area contributed by atoms with E-state index in [1.165, 1.54) is 24.3 Å². The molecule has 2 aliphatic heterocycles. The van der Waals surface area contributed by atoms with E-state index < -0.39 is 34.4 Å². The van der Waals surface area contributed by atoms with Gasteiger partial charge in [0.05, 0.1) is 17.4 Å². The summed E-state index contributed by atoms with van der Waals surface area (Å²) in [7, 11) is -3.82. The Kier molecular flexibility index (Phi) is 6.39. The van der Waals surface area contributed by atoms with Gasteiger partial charge < -0.3 is 19.8 Å². The highest BCUT2D eigenvalue weighted by atomic mass is 35.5. The molecule has 3 rings (SSSR count). The average Bonchev–Trinajstić information content (AvgIpc) is 3.25. The maximum absolute atomic E-state index is 12.3. The number of hydrogen-bond acceptors (Lipinski definition) is 6. The van der Waals surface area contributed by atoms with E-state index in [-0.39, 0.29) is 23.8 Å². The summed E-state index contributed by atoms with van der Waals surface area (Å²) in [5, 5.41) is 20.7. The lowest BCUT2D eigenvalue weighted by Crippen LogP contribution is -2.40. The van der Waals surface area contributed by atoms with Crippen molar-refractivity contribution in [2.45, 2.75) is 48.6 Å². The predicted molar refractivity (Wildman–Crippen MR) is 97.7 cm³/mol. The van der Waals surface area contributed by atoms with Gasteiger partial charge in [0.1, 0.15) is 18.3 Å². The topological polar surface area (TPSA) is 116 Å². The molecule has 4 unspecified atom stereocenters. The molecule has 0 aliphatic carbocycles. The highest BCUT2D eigenvalue weighted by molar-refractivity contribution is 7.89. The Morgan fingerprint density at radius 2 is 1.74 bits per heavy atom. The SMILES string of the molecule is O=C(CC1OC(CNS(=O)(=O)c2ccc(Cl)cc2)C(O)C1O)N1CCCC1. The highest BCUT2D eigenvalue weighted by Gasteiger charge is 2.44. The third-order valence-electron chi connectivity index (χ3n) is 4.89. The van der Waals surface area contributed by atoms with Crippen LogP contribution < -0.4 is 4.72 Å². The zero-order valence-corrected chi connectivity index (χ0v) is 16.2. The van der Waals surface area contributed by atoms with Gasteiger partial charge in [-0.15, -0.1) is 0 Å². The minimum absolute atomic E-state index is 0.0284. The number of halogens is 1. The average molecular weight is 419 g/mol. The first-order chi connectivity index (χ1) is 12.8. The number of aliphatic hydroxyl groups excluding tert-OH is 2. The lowest BCUT2D eigenvalue weighted by atomic mass is 10.1. The van der Waals surface area contributed by atoms with Crippen molar-refractivity contribution in [2.24, 2.45) is 0 Å². The molecule has 1 aromatic rings. The van der Waals surface area contributed by atoms with Crippen molar-refractivity contribution in [1.29, 1.82) is 0 Å². The van der Waals surface area contributed by atoms with Crippen LogP contribution in [0.15, 0.2) is 29.2 Å². The molecule has 2 fully saturated rings. The lowest BCUT2D eigenvalue weighted by molar-refractivity contribution is -0.134. The molecule has 0 aromatic heterocycles. The zero-order valence-electron chi connectivity index (χ0n) is 14.6. The standard InChI is InChI=1S/C17H23ClN2O6S/c18-11-3-5-12(6-4-11)27(24,25)19-10-14-17(23)16(22)13(26-14)9-15(21)20-7-1-2-8-20/h3-6,13-14,16-17,19,22-23H,1-2,7-10H2. The van der Waals surface area contributed by atoms with E-state index >= 15 is 0 Å². The summed E-state index contributed by atoms with van der Waals surface area (Å²) in [4.78, 5) is 14.0. The summed E-state index contributed by atoms with van der Waals surface area (Å²) in [5.74, 6) is -0.133. The number of hydrogen-bond donors (Lipinski definition) is 3. The number of amides is 1. The Labute approximate surface area is 163 Å². The monoisotopic (exact) mass is 418 g/mol. The summed E-state index contributed by atoms with van der Waals surface area (Å²) in [6.45, 7) is 1.15. The molecule has 4 atom stereocenters. The van der Waals surface area contributed by atoms with Gasteiger partial charge in [-0.25, -0.2) is 13.1 Å². The normalized spacial score (nSPS) is 28.6. The molecule has 1 amide bonds. The van der Waals surface area contributed by atoms with E-state index in [1.54, 1.807) is 4.90 Å². The molecular weight excluding hydrogens is 396 g/mol. The Morgan fingerprint density at radius 3 is 2.37 bits per heavy atom. The third-order valence-corrected chi connectivity index (χ3v) is 6.59. The van der Waals surface area contributed by atoms with E-state index in [2.05, 4.69) is 4.72 Å². The number of nitrogens with zero attached hydrogens (tertiary/aromatic N) is 1. The molecule has 10 heteroatoms. The van der Waals surface area contributed by atoms with Crippen molar-refractivity contribution in [1.82, 2.24) is 9.62 Å². The second-order valence-corrected chi connectivity index (χ2v) is 9.00. The molecule has 1 aromatic carbocycles. The van der Waals surface area contributed by atoms with Crippen LogP contribution in [-0.4, -0.2) is 73.5 Å². The van der Waals surface area contributed by atoms with Gasteiger partial charge in [0, 0.05) is 24.7 Å². The smallest absolute Gasteiger partial charge is 0.240 e. The Bertz CT molecular complexity index is 766. The highest BCUT2D eigenvalue weighted by Crippen LogP contribution is 2.25. The molecule has 8 nitrogen and oxygen atoms in total. The van der Waals surface area contributed by atoms with Crippen LogP contribution in [0.3, 0.4) is 0 Å². The first kappa shape index (κ1) is 20.5. The van der Waals surface area contributed by atoms with Gasteiger partial charge in [-0.05, 0) is 37.1 Å². The van der Waals surface area contributed by atoms with Crippen LogP contribution in [0.25, 0.3) is 0 Å². The number of sulfonamides is 1. The predicted octanol–water partition coefficient (Wildman–Crippen LogP) is 0.120. The Hall–Kier alpha value is -1.23. The van der Waals surface area contributed by atoms with E-state index in [4.69, 9.17) is 16.3 Å². The molecule has 150 valence electrons. The van der Waals surface area contributed by atoms with Gasteiger partial charge >= 0.3 is 0 Å². The van der Waals surface area contributed by atoms with Crippen LogP contribution in [0.2, 0.25) is 5.02 Å². The van der Waals surface area contributed by atoms with Crippen LogP contribution in [0, 0.1) is 0 Å². The van der Waals surface area contributed by atoms with Gasteiger partial charge in [-0.2, -0.15) is 0 Å². The lowest BCUT2D eigenvalue weighted by Gasteiger charge is -2.19. The van der Waals surface area contributed by atoms with Crippen LogP contribution in [0.5, 0.6) is 0 Å². The van der Waals surface area contributed by atoms with Crippen LogP contribution in [-0.2, 0) is 19.6 Å². The van der Waals surface area contributed by atoms with Gasteiger partial charge in [0.25, 0.3) is 0 Å². The second kappa shape index (κ2) is 8.42. The van der Waals surface area contributed by atoms with Crippen molar-refractivity contribution in [3.8, 4) is 0 Å². The Balaban J connectivity index is 1.57. The third kappa shape index (κ3) is 4.79. The molecule has 3 N–H and O–H groups in total. The number of rotatable bonds is 6. The molecule has 2 saturated heterocycles. The molecule has 27 heavy (non-hydrogen) atoms. The summed E-state index contributed by atoms with van der Waals surface area (Å²) in [5.41, 5.74) is 0. The van der Waals surface area contributed by atoms with Crippen LogP contribution in [0.4, 0.5) is 0 Å². The summed E-state index contributed by atoms with van der Waals surface area (Å²) >= 11 is 5.76. The molecule has 2 heterocycles. The zero-order chi connectivity index (χ0) is 19.6. The van der Waals surface area contributed by atoms with Crippen molar-refractivity contribution in [3.63, 3.8) is 0 Å². The maximum Gasteiger partial charge on any atom is 0.240 e. The fraction of sp³-hybridized carbons (Fsp3) is 0.588. The quantitative estimate of drug-likeness (QED) is 0.604. The molecule has 0 radical (unpaired) electrons. The maximum atomic E-state index is 12.3. The summed E-state index contributed by atoms with van der Waals surface area (Å²) in [6.07, 6.45) is -2.47. The molecule has 0 bridgehead atoms. The van der Waals surface area contributed by atoms with E-state index in [0.29, 0.717) is 18.1 Å². The number of benzene rings is 1. The van der Waals surface area contributed by atoms with E-state index in [1.807, 2.05) is 0 Å². The number of carbonyl (C=O) groups is 1. The first-order valence-electron chi connectivity index (χ1n) is 8.82. The number of carbonyl (C=O) groups excluding carboxylic acids is 1. The van der Waals surface area contributed by atoms with Crippen molar-refractivity contribution >= 4 is 27.5 Å². The fourth-order valence-corrected chi connectivity index (χ4v) is 4.49. The van der Waals surface area contributed by atoms with Crippen LogP contribution >= 0.6 is 11.6 Å². The van der Waals surface area contributed by atoms with Gasteiger partial charge in [0.2, 0.25) is 15.9 Å². The van der Waals surface area contributed by atoms with Gasteiger partial charge in [0.15, 0.2) is 0 Å². The number of likely N-dealkylation sites (tertiary alicyclic amines) is 1. The van der Waals surface area contributed by atoms with Crippen molar-refractivity contribution < 1.29 is 28.2 Å². The largest absolute Gasteiger partial charge is 0.388 e. The molecule has 0 spiro atoms. The number of ether oxygens (including phenoxy) is 1. The minimum atomic E-state index is -3.82. The van der Waals surface area contributed by atoms with Gasteiger partial charge in [-0.1, -0.05) is 11.6 Å². The van der Waals surface area contributed by atoms with E-state index in [0.717, 1.165) is 12.8 Å². The first-order valence-corrected chi connectivity index (χ1v) is 10.7. The summed E-state index contributed by atoms with van der Waals surface area (Å²) in [6, 6.07) is 5.65. The fourth-order valence-electron chi connectivity index (χ4n) is 3.32. The van der Waals surface area contributed by atoms with Crippen molar-refractivity contribution in [2.75, 3.05) is 19.6 Å². The minimum Gasteiger partial charge on any atom is -0.388 e. The molecule has 2 aliphatic rings. The second-order valence-electron chi connectivity index (χ2n) is 6.79. The van der Waals surface area contributed by atoms with Crippen molar-refractivity contribution in [3.05, 3.63) is 29.3 Å². The summed E-state index contributed by atoms with van der Waals surface area (Å²) < 4.78 is 32.5. The number of aliphatic hydroxyl groups is 2. The molecular formula is C17H23ClN2O6S. The van der Waals surface area contributed by atoms with Crippen LogP contribution in [0.1, 0.15) is 19.3 Å². The Morgan fingerprint density at radius 1 is 1.15 bits per heavy atom.